The van der Waals surface area contributed by atoms with Crippen LogP contribution in [0.4, 0.5) is 0 Å². The number of carbonyl (C=O) groups excluding carboxylic acids is 1. The third kappa shape index (κ3) is 2.31. The summed E-state index contributed by atoms with van der Waals surface area (Å²) < 4.78 is 4.72. The second-order valence-corrected chi connectivity index (χ2v) is 4.04. The van der Waals surface area contributed by atoms with Crippen molar-refractivity contribution in [2.45, 2.75) is 19.8 Å². The van der Waals surface area contributed by atoms with Crippen LogP contribution >= 0.6 is 0 Å². The molecule has 0 fully saturated rings. The number of rotatable bonds is 3. The van der Waals surface area contributed by atoms with Crippen molar-refractivity contribution >= 4 is 16.7 Å². The molecule has 0 radical (unpaired) electrons. The third-order valence-electron chi connectivity index (χ3n) is 3.05. The lowest BCUT2D eigenvalue weighted by Crippen LogP contribution is -2.05. The summed E-state index contributed by atoms with van der Waals surface area (Å²) in [5.74, 6) is -0.195. The summed E-state index contributed by atoms with van der Waals surface area (Å²) in [5.41, 5.74) is 2.35. The molecule has 88 valence electrons. The van der Waals surface area contributed by atoms with Gasteiger partial charge in [-0.2, -0.15) is 0 Å². The molecule has 17 heavy (non-hydrogen) atoms. The summed E-state index contributed by atoms with van der Waals surface area (Å²) in [5, 5.41) is 2.38. The Kier molecular flexibility index (Phi) is 3.43. The van der Waals surface area contributed by atoms with E-state index >= 15 is 0 Å². The first-order valence-corrected chi connectivity index (χ1v) is 5.82. The van der Waals surface area contributed by atoms with Gasteiger partial charge in [-0.05, 0) is 28.3 Å². The van der Waals surface area contributed by atoms with Crippen LogP contribution in [0.5, 0.6) is 0 Å². The number of ether oxygens (including phenoxy) is 1. The lowest BCUT2D eigenvalue weighted by atomic mass is 9.97. The highest BCUT2D eigenvalue weighted by Crippen LogP contribution is 2.23. The number of benzene rings is 2. The van der Waals surface area contributed by atoms with E-state index in [1.54, 1.807) is 0 Å². The van der Waals surface area contributed by atoms with E-state index < -0.39 is 0 Å². The highest BCUT2D eigenvalue weighted by molar-refractivity contribution is 5.91. The minimum Gasteiger partial charge on any atom is -0.469 e. The Hall–Kier alpha value is -1.83. The maximum Gasteiger partial charge on any atom is 0.309 e. The summed E-state index contributed by atoms with van der Waals surface area (Å²) in [7, 11) is 1.42. The predicted molar refractivity (Wildman–Crippen MR) is 69.0 cm³/mol. The first-order chi connectivity index (χ1) is 8.26. The Morgan fingerprint density at radius 1 is 1.06 bits per heavy atom. The van der Waals surface area contributed by atoms with Crippen molar-refractivity contribution < 1.29 is 9.53 Å². The molecule has 0 aliphatic heterocycles. The maximum atomic E-state index is 11.4. The van der Waals surface area contributed by atoms with Crippen LogP contribution in [0.3, 0.4) is 0 Å². The monoisotopic (exact) mass is 228 g/mol. The summed E-state index contributed by atoms with van der Waals surface area (Å²) in [6, 6.07) is 12.3. The zero-order valence-corrected chi connectivity index (χ0v) is 10.2. The quantitative estimate of drug-likeness (QED) is 0.754. The topological polar surface area (TPSA) is 26.3 Å². The maximum absolute atomic E-state index is 11.4. The fourth-order valence-corrected chi connectivity index (χ4v) is 2.11. The fourth-order valence-electron chi connectivity index (χ4n) is 2.11. The van der Waals surface area contributed by atoms with Crippen molar-refractivity contribution in [1.82, 2.24) is 0 Å². The van der Waals surface area contributed by atoms with Crippen LogP contribution in [0.1, 0.15) is 18.1 Å². The molecule has 2 rings (SSSR count). The van der Waals surface area contributed by atoms with E-state index in [0.29, 0.717) is 6.42 Å². The van der Waals surface area contributed by atoms with Gasteiger partial charge in [0.15, 0.2) is 0 Å². The Morgan fingerprint density at radius 2 is 1.65 bits per heavy atom. The lowest BCUT2D eigenvalue weighted by Gasteiger charge is -2.09. The van der Waals surface area contributed by atoms with Crippen molar-refractivity contribution in [3.05, 3.63) is 47.5 Å². The third-order valence-corrected chi connectivity index (χ3v) is 3.05. The molecule has 0 aliphatic carbocycles. The van der Waals surface area contributed by atoms with Crippen molar-refractivity contribution in [3.63, 3.8) is 0 Å². The van der Waals surface area contributed by atoms with E-state index in [2.05, 4.69) is 25.1 Å². The Bertz CT molecular complexity index is 544. The van der Waals surface area contributed by atoms with E-state index in [1.807, 2.05) is 18.2 Å². The minimum atomic E-state index is -0.195. The van der Waals surface area contributed by atoms with E-state index in [-0.39, 0.29) is 5.97 Å². The van der Waals surface area contributed by atoms with E-state index in [4.69, 9.17) is 4.74 Å². The van der Waals surface area contributed by atoms with Gasteiger partial charge in [-0.3, -0.25) is 4.79 Å². The average molecular weight is 228 g/mol. The largest absolute Gasteiger partial charge is 0.469 e. The number of methoxy groups -OCH3 is 1. The second-order valence-electron chi connectivity index (χ2n) is 4.04. The first kappa shape index (κ1) is 11.6. The number of aryl methyl sites for hydroxylation is 1. The SMILES string of the molecule is CCc1ccc(CC(=O)OC)c2ccccc12. The fraction of sp³-hybridized carbons (Fsp3) is 0.267. The van der Waals surface area contributed by atoms with Crippen LogP contribution in [0.15, 0.2) is 36.4 Å². The summed E-state index contributed by atoms with van der Waals surface area (Å²) in [6.45, 7) is 2.14. The first-order valence-electron chi connectivity index (χ1n) is 5.82. The molecular weight excluding hydrogens is 212 g/mol. The molecule has 2 nitrogen and oxygen atoms in total. The molecule has 0 N–H and O–H groups in total. The van der Waals surface area contributed by atoms with Crippen LogP contribution in [0, 0.1) is 0 Å². The molecule has 2 aromatic carbocycles. The van der Waals surface area contributed by atoms with Gasteiger partial charge >= 0.3 is 5.97 Å². The number of fused-ring (bicyclic) bond motifs is 1. The number of hydrogen-bond acceptors (Lipinski definition) is 2. The van der Waals surface area contributed by atoms with Gasteiger partial charge in [0.25, 0.3) is 0 Å². The Balaban J connectivity index is 2.54. The predicted octanol–water partition coefficient (Wildman–Crippen LogP) is 3.12. The van der Waals surface area contributed by atoms with Crippen LogP contribution in [0.25, 0.3) is 10.8 Å². The summed E-state index contributed by atoms with van der Waals surface area (Å²) >= 11 is 0. The molecule has 0 aliphatic rings. The van der Waals surface area contributed by atoms with Crippen LogP contribution in [0.2, 0.25) is 0 Å². The zero-order valence-electron chi connectivity index (χ0n) is 10.2. The van der Waals surface area contributed by atoms with Crippen LogP contribution < -0.4 is 0 Å². The second kappa shape index (κ2) is 5.00. The molecule has 0 amide bonds. The van der Waals surface area contributed by atoms with Gasteiger partial charge < -0.3 is 4.74 Å². The van der Waals surface area contributed by atoms with Gasteiger partial charge in [0.1, 0.15) is 0 Å². The minimum absolute atomic E-state index is 0.195. The van der Waals surface area contributed by atoms with E-state index in [9.17, 15) is 4.79 Å². The molecule has 0 aromatic heterocycles. The highest BCUT2D eigenvalue weighted by Gasteiger charge is 2.08. The molecule has 2 aromatic rings. The summed E-state index contributed by atoms with van der Waals surface area (Å²) in [6.07, 6.45) is 1.33. The Labute approximate surface area is 101 Å². The zero-order chi connectivity index (χ0) is 12.3. The van der Waals surface area contributed by atoms with Crippen molar-refractivity contribution in [2.75, 3.05) is 7.11 Å². The van der Waals surface area contributed by atoms with Gasteiger partial charge in [-0.1, -0.05) is 43.3 Å². The normalized spacial score (nSPS) is 10.5. The Morgan fingerprint density at radius 3 is 2.24 bits per heavy atom. The molecule has 0 unspecified atom stereocenters. The molecule has 2 heteroatoms. The average Bonchev–Trinajstić information content (AvgIpc) is 2.39. The molecule has 0 atom stereocenters. The van der Waals surface area contributed by atoms with Gasteiger partial charge in [-0.15, -0.1) is 0 Å². The van der Waals surface area contributed by atoms with Gasteiger partial charge in [0.2, 0.25) is 0 Å². The van der Waals surface area contributed by atoms with Crippen LogP contribution in [-0.2, 0) is 22.4 Å². The smallest absolute Gasteiger partial charge is 0.309 e. The molecule has 0 saturated carbocycles. The van der Waals surface area contributed by atoms with Crippen molar-refractivity contribution in [2.24, 2.45) is 0 Å². The summed E-state index contributed by atoms with van der Waals surface area (Å²) in [4.78, 5) is 11.4. The standard InChI is InChI=1S/C15H16O2/c1-3-11-8-9-12(10-15(16)17-2)14-7-5-4-6-13(11)14/h4-9H,3,10H2,1-2H3. The van der Waals surface area contributed by atoms with Crippen molar-refractivity contribution in [3.8, 4) is 0 Å². The molecular formula is C15H16O2. The van der Waals surface area contributed by atoms with Gasteiger partial charge in [0, 0.05) is 0 Å². The van der Waals surface area contributed by atoms with E-state index in [1.165, 1.54) is 18.1 Å². The highest BCUT2D eigenvalue weighted by atomic mass is 16.5. The van der Waals surface area contributed by atoms with Crippen LogP contribution in [-0.4, -0.2) is 13.1 Å². The number of carbonyl (C=O) groups is 1. The van der Waals surface area contributed by atoms with Gasteiger partial charge in [0.05, 0.1) is 13.5 Å². The molecule has 0 saturated heterocycles. The van der Waals surface area contributed by atoms with E-state index in [0.717, 1.165) is 17.4 Å². The number of esters is 1. The molecule has 0 heterocycles. The van der Waals surface area contributed by atoms with Crippen molar-refractivity contribution in [1.29, 1.82) is 0 Å². The molecule has 0 spiro atoms. The van der Waals surface area contributed by atoms with Gasteiger partial charge in [-0.25, -0.2) is 0 Å². The lowest BCUT2D eigenvalue weighted by molar-refractivity contribution is -0.139. The molecule has 0 bridgehead atoms. The number of hydrogen-bond donors (Lipinski definition) is 0.